The van der Waals surface area contributed by atoms with E-state index in [1.165, 1.54) is 23.3 Å². The second kappa shape index (κ2) is 8.97. The Kier molecular flexibility index (Phi) is 5.96. The van der Waals surface area contributed by atoms with Gasteiger partial charge in [0, 0.05) is 17.9 Å². The first-order chi connectivity index (χ1) is 14.2. The Morgan fingerprint density at radius 3 is 2.34 bits per heavy atom. The Balaban J connectivity index is 1.41. The zero-order valence-electron chi connectivity index (χ0n) is 16.4. The first-order valence-corrected chi connectivity index (χ1v) is 9.82. The Bertz CT molecular complexity index is 941. The predicted octanol–water partition coefficient (Wildman–Crippen LogP) is 3.85. The third-order valence-electron chi connectivity index (χ3n) is 5.27. The fourth-order valence-electron chi connectivity index (χ4n) is 3.68. The lowest BCUT2D eigenvalue weighted by atomic mass is 9.88. The molecule has 150 valence electrons. The molecular formula is C24H25FNO3+. The molecule has 3 aromatic rings. The highest BCUT2D eigenvalue weighted by molar-refractivity contribution is 5.44. The molecule has 0 fully saturated rings. The van der Waals surface area contributed by atoms with Crippen LogP contribution in [0.4, 0.5) is 4.39 Å². The molecule has 1 aliphatic heterocycles. The van der Waals surface area contributed by atoms with E-state index >= 15 is 0 Å². The molecule has 0 saturated heterocycles. The first kappa shape index (κ1) is 19.3. The number of quaternary nitrogens is 1. The molecule has 0 radical (unpaired) electrons. The van der Waals surface area contributed by atoms with E-state index < -0.39 is 0 Å². The Hall–Kier alpha value is -3.05. The normalized spacial score (nSPS) is 13.3. The van der Waals surface area contributed by atoms with Crippen LogP contribution in [0.3, 0.4) is 0 Å². The van der Waals surface area contributed by atoms with Gasteiger partial charge in [-0.2, -0.15) is 0 Å². The van der Waals surface area contributed by atoms with Crippen molar-refractivity contribution in [2.24, 2.45) is 0 Å². The van der Waals surface area contributed by atoms with Crippen LogP contribution in [0, 0.1) is 5.82 Å². The second-order valence-corrected chi connectivity index (χ2v) is 7.14. The number of benzene rings is 3. The van der Waals surface area contributed by atoms with Gasteiger partial charge in [0.2, 0.25) is 6.79 Å². The van der Waals surface area contributed by atoms with Gasteiger partial charge in [-0.25, -0.2) is 4.39 Å². The van der Waals surface area contributed by atoms with Gasteiger partial charge < -0.3 is 19.5 Å². The minimum absolute atomic E-state index is 0.203. The molecule has 1 heterocycles. The summed E-state index contributed by atoms with van der Waals surface area (Å²) in [5, 5.41) is 2.29. The van der Waals surface area contributed by atoms with E-state index in [1.807, 2.05) is 36.4 Å². The number of ether oxygens (including phenoxy) is 3. The molecule has 0 amide bonds. The summed E-state index contributed by atoms with van der Waals surface area (Å²) in [5.41, 5.74) is 3.53. The number of rotatable bonds is 8. The number of hydrogen-bond donors (Lipinski definition) is 1. The predicted molar refractivity (Wildman–Crippen MR) is 109 cm³/mol. The highest BCUT2D eigenvalue weighted by Crippen LogP contribution is 2.32. The van der Waals surface area contributed by atoms with Gasteiger partial charge in [0.25, 0.3) is 0 Å². The van der Waals surface area contributed by atoms with Crippen molar-refractivity contribution in [2.75, 3.05) is 20.4 Å². The van der Waals surface area contributed by atoms with Crippen molar-refractivity contribution in [2.45, 2.75) is 18.9 Å². The van der Waals surface area contributed by atoms with Crippen LogP contribution in [0.2, 0.25) is 0 Å². The van der Waals surface area contributed by atoms with Crippen LogP contribution >= 0.6 is 0 Å². The summed E-state index contributed by atoms with van der Waals surface area (Å²) in [6, 6.07) is 21.0. The molecule has 4 nitrogen and oxygen atoms in total. The van der Waals surface area contributed by atoms with Gasteiger partial charge in [0.05, 0.1) is 13.7 Å². The van der Waals surface area contributed by atoms with Gasteiger partial charge in [-0.3, -0.25) is 0 Å². The number of hydrogen-bond acceptors (Lipinski definition) is 3. The number of methoxy groups -OCH3 is 1. The SMILES string of the molecule is COc1ccc([C@H](CC[NH2+]Cc2ccc3c(c2)OCO3)c2ccc(F)cc2)cc1. The average Bonchev–Trinajstić information content (AvgIpc) is 3.23. The molecule has 0 unspecified atom stereocenters. The minimum atomic E-state index is -0.211. The largest absolute Gasteiger partial charge is 0.497 e. The Labute approximate surface area is 170 Å². The van der Waals surface area contributed by atoms with Crippen molar-refractivity contribution in [3.05, 3.63) is 89.2 Å². The maximum atomic E-state index is 13.4. The van der Waals surface area contributed by atoms with Gasteiger partial charge in [-0.05, 0) is 53.6 Å². The Morgan fingerprint density at radius 2 is 1.62 bits per heavy atom. The van der Waals surface area contributed by atoms with Crippen molar-refractivity contribution >= 4 is 0 Å². The fraction of sp³-hybridized carbons (Fsp3) is 0.250. The highest BCUT2D eigenvalue weighted by Gasteiger charge is 2.16. The highest BCUT2D eigenvalue weighted by atomic mass is 19.1. The second-order valence-electron chi connectivity index (χ2n) is 7.14. The lowest BCUT2D eigenvalue weighted by molar-refractivity contribution is -0.671. The summed E-state index contributed by atoms with van der Waals surface area (Å²) in [6.45, 7) is 2.11. The summed E-state index contributed by atoms with van der Waals surface area (Å²) in [5.74, 6) is 2.45. The molecule has 2 N–H and O–H groups in total. The minimum Gasteiger partial charge on any atom is -0.497 e. The number of nitrogens with two attached hydrogens (primary N) is 1. The smallest absolute Gasteiger partial charge is 0.231 e. The van der Waals surface area contributed by atoms with Crippen LogP contribution < -0.4 is 19.5 Å². The van der Waals surface area contributed by atoms with Crippen molar-refractivity contribution in [1.29, 1.82) is 0 Å². The maximum absolute atomic E-state index is 13.4. The standard InChI is InChI=1S/C24H24FNO3/c1-27-21-9-5-19(6-10-21)22(18-3-7-20(25)8-4-18)12-13-26-15-17-2-11-23-24(14-17)29-16-28-23/h2-11,14,22,26H,12-13,15-16H2,1H3/p+1/t22-/m1/s1. The monoisotopic (exact) mass is 394 g/mol. The summed E-state index contributed by atoms with van der Waals surface area (Å²) in [4.78, 5) is 0. The molecule has 4 rings (SSSR count). The topological polar surface area (TPSA) is 44.3 Å². The van der Waals surface area contributed by atoms with Crippen molar-refractivity contribution < 1.29 is 23.9 Å². The van der Waals surface area contributed by atoms with E-state index in [0.717, 1.165) is 42.3 Å². The lowest BCUT2D eigenvalue weighted by Gasteiger charge is -2.18. The summed E-state index contributed by atoms with van der Waals surface area (Å²) in [7, 11) is 1.66. The summed E-state index contributed by atoms with van der Waals surface area (Å²) < 4.78 is 29.5. The van der Waals surface area contributed by atoms with Crippen LogP contribution in [-0.4, -0.2) is 20.4 Å². The third-order valence-corrected chi connectivity index (χ3v) is 5.27. The Morgan fingerprint density at radius 1 is 0.931 bits per heavy atom. The third kappa shape index (κ3) is 4.69. The van der Waals surface area contributed by atoms with Crippen molar-refractivity contribution in [1.82, 2.24) is 0 Å². The van der Waals surface area contributed by atoms with E-state index in [0.29, 0.717) is 6.79 Å². The molecule has 3 aromatic carbocycles. The zero-order chi connectivity index (χ0) is 20.1. The number of fused-ring (bicyclic) bond motifs is 1. The zero-order valence-corrected chi connectivity index (χ0v) is 16.4. The van der Waals surface area contributed by atoms with Crippen molar-refractivity contribution in [3.63, 3.8) is 0 Å². The molecular weight excluding hydrogens is 369 g/mol. The van der Waals surface area contributed by atoms with Crippen LogP contribution in [0.25, 0.3) is 0 Å². The summed E-state index contributed by atoms with van der Waals surface area (Å²) in [6.07, 6.45) is 0.947. The van der Waals surface area contributed by atoms with Gasteiger partial charge in [-0.15, -0.1) is 0 Å². The van der Waals surface area contributed by atoms with Crippen LogP contribution in [-0.2, 0) is 6.54 Å². The van der Waals surface area contributed by atoms with E-state index in [4.69, 9.17) is 14.2 Å². The molecule has 0 saturated carbocycles. The quantitative estimate of drug-likeness (QED) is 0.591. The molecule has 1 aliphatic rings. The molecule has 0 aliphatic carbocycles. The average molecular weight is 394 g/mol. The van der Waals surface area contributed by atoms with E-state index in [2.05, 4.69) is 23.5 Å². The van der Waals surface area contributed by atoms with Gasteiger partial charge in [0.15, 0.2) is 11.5 Å². The molecule has 5 heteroatoms. The summed E-state index contributed by atoms with van der Waals surface area (Å²) >= 11 is 0. The van der Waals surface area contributed by atoms with Crippen molar-refractivity contribution in [3.8, 4) is 17.2 Å². The van der Waals surface area contributed by atoms with Gasteiger partial charge in [0.1, 0.15) is 18.1 Å². The molecule has 1 atom stereocenters. The first-order valence-electron chi connectivity index (χ1n) is 9.82. The van der Waals surface area contributed by atoms with E-state index in [-0.39, 0.29) is 11.7 Å². The fourth-order valence-corrected chi connectivity index (χ4v) is 3.68. The molecule has 29 heavy (non-hydrogen) atoms. The van der Waals surface area contributed by atoms with E-state index in [1.54, 1.807) is 7.11 Å². The van der Waals surface area contributed by atoms with Crippen LogP contribution in [0.15, 0.2) is 66.7 Å². The molecule has 0 bridgehead atoms. The lowest BCUT2D eigenvalue weighted by Crippen LogP contribution is -2.82. The van der Waals surface area contributed by atoms with Gasteiger partial charge >= 0.3 is 0 Å². The van der Waals surface area contributed by atoms with Crippen LogP contribution in [0.5, 0.6) is 17.2 Å². The maximum Gasteiger partial charge on any atom is 0.231 e. The van der Waals surface area contributed by atoms with Gasteiger partial charge in [-0.1, -0.05) is 24.3 Å². The van der Waals surface area contributed by atoms with Crippen LogP contribution in [0.1, 0.15) is 29.0 Å². The molecule has 0 spiro atoms. The van der Waals surface area contributed by atoms with E-state index in [9.17, 15) is 4.39 Å². The number of halogens is 1. The molecule has 0 aromatic heterocycles.